The van der Waals surface area contributed by atoms with Crippen LogP contribution in [0.25, 0.3) is 11.4 Å². The van der Waals surface area contributed by atoms with E-state index in [0.717, 1.165) is 11.3 Å². The van der Waals surface area contributed by atoms with Crippen molar-refractivity contribution in [2.24, 2.45) is 0 Å². The van der Waals surface area contributed by atoms with Gasteiger partial charge in [-0.15, -0.1) is 0 Å². The van der Waals surface area contributed by atoms with Gasteiger partial charge >= 0.3 is 0 Å². The lowest BCUT2D eigenvalue weighted by molar-refractivity contribution is -0.129. The maximum Gasteiger partial charge on any atom is 0.246 e. The molecule has 1 fully saturated rings. The van der Waals surface area contributed by atoms with Gasteiger partial charge in [0.1, 0.15) is 19.0 Å². The zero-order valence-electron chi connectivity index (χ0n) is 16.2. The second kappa shape index (κ2) is 8.94. The number of likely N-dealkylation sites (tertiary alicyclic amines) is 1. The molecule has 0 radical (unpaired) electrons. The van der Waals surface area contributed by atoms with E-state index in [4.69, 9.17) is 14.0 Å². The van der Waals surface area contributed by atoms with Crippen LogP contribution in [-0.2, 0) is 14.3 Å². The number of methoxy groups -OCH3 is 1. The molecule has 1 aliphatic heterocycles. The second-order valence-electron chi connectivity index (χ2n) is 6.84. The Morgan fingerprint density at radius 3 is 2.71 bits per heavy atom. The molecule has 2 atom stereocenters. The molecule has 0 saturated carbocycles. The Hall–Kier alpha value is -2.78. The van der Waals surface area contributed by atoms with Crippen LogP contribution in [0.3, 0.4) is 0 Å². The van der Waals surface area contributed by atoms with E-state index in [1.807, 2.05) is 31.3 Å². The third-order valence-electron chi connectivity index (χ3n) is 4.53. The number of ketones is 1. The molecule has 1 N–H and O–H groups in total. The van der Waals surface area contributed by atoms with Gasteiger partial charge in [0.15, 0.2) is 5.78 Å². The van der Waals surface area contributed by atoms with Crippen LogP contribution in [0.15, 0.2) is 28.8 Å². The van der Waals surface area contributed by atoms with Gasteiger partial charge in [-0.2, -0.15) is 4.98 Å². The summed E-state index contributed by atoms with van der Waals surface area (Å²) in [5, 5.41) is 6.98. The number of nitrogens with one attached hydrogen (secondary N) is 1. The summed E-state index contributed by atoms with van der Waals surface area (Å²) in [7, 11) is 3.56. The zero-order valence-corrected chi connectivity index (χ0v) is 16.2. The summed E-state index contributed by atoms with van der Waals surface area (Å²) in [5.74, 6) is 1.42. The Kier molecular flexibility index (Phi) is 6.37. The summed E-state index contributed by atoms with van der Waals surface area (Å²) in [6.45, 7) is 1.88. The third kappa shape index (κ3) is 4.93. The number of carbonyl (C=O) groups is 2. The number of likely N-dealkylation sites (N-methyl/N-ethyl adjacent to an activating group) is 1. The Morgan fingerprint density at radius 1 is 1.29 bits per heavy atom. The lowest BCUT2D eigenvalue weighted by atomic mass is 10.1. The molecule has 9 heteroatoms. The number of amides is 1. The summed E-state index contributed by atoms with van der Waals surface area (Å²) in [6, 6.07) is 7.29. The van der Waals surface area contributed by atoms with Crippen LogP contribution in [0.2, 0.25) is 0 Å². The Morgan fingerprint density at radius 2 is 2.04 bits per heavy atom. The minimum Gasteiger partial charge on any atom is -0.497 e. The van der Waals surface area contributed by atoms with Crippen molar-refractivity contribution >= 4 is 11.7 Å². The van der Waals surface area contributed by atoms with Gasteiger partial charge in [0.25, 0.3) is 0 Å². The molecule has 1 aliphatic rings. The van der Waals surface area contributed by atoms with Gasteiger partial charge in [0.2, 0.25) is 17.6 Å². The number of nitrogens with zero attached hydrogens (tertiary/aromatic N) is 3. The Balaban J connectivity index is 1.58. The number of benzene rings is 1. The summed E-state index contributed by atoms with van der Waals surface area (Å²) < 4.78 is 15.7. The first-order valence-corrected chi connectivity index (χ1v) is 9.01. The Bertz CT molecular complexity index is 820. The quantitative estimate of drug-likeness (QED) is 0.719. The predicted molar refractivity (Wildman–Crippen MR) is 99.7 cm³/mol. The molecular formula is C19H24N4O5. The van der Waals surface area contributed by atoms with E-state index < -0.39 is 0 Å². The van der Waals surface area contributed by atoms with Crippen molar-refractivity contribution in [3.8, 4) is 17.1 Å². The van der Waals surface area contributed by atoms with Crippen LogP contribution in [0.1, 0.15) is 25.3 Å². The monoisotopic (exact) mass is 388 g/mol. The van der Waals surface area contributed by atoms with Crippen molar-refractivity contribution in [3.63, 3.8) is 0 Å². The van der Waals surface area contributed by atoms with Crippen molar-refractivity contribution in [2.75, 3.05) is 33.9 Å². The molecule has 28 heavy (non-hydrogen) atoms. The topological polar surface area (TPSA) is 107 Å². The molecule has 2 heterocycles. The highest BCUT2D eigenvalue weighted by atomic mass is 16.5. The van der Waals surface area contributed by atoms with E-state index >= 15 is 0 Å². The summed E-state index contributed by atoms with van der Waals surface area (Å²) in [6.07, 6.45) is 0.652. The standard InChI is InChI=1S/C19H24N4O5/c1-12(24)10-27-11-17(25)20-14-8-16(23(2)9-14)19-21-18(22-28-19)13-4-6-15(26-3)7-5-13/h4-7,14,16H,8-11H2,1-3H3,(H,20,25)/t14-,16-/m0/s1. The molecule has 1 aromatic carbocycles. The van der Waals surface area contributed by atoms with Gasteiger partial charge in [0.05, 0.1) is 13.2 Å². The number of aromatic nitrogens is 2. The van der Waals surface area contributed by atoms with Crippen molar-refractivity contribution in [2.45, 2.75) is 25.4 Å². The number of carbonyl (C=O) groups excluding carboxylic acids is 2. The molecular weight excluding hydrogens is 364 g/mol. The van der Waals surface area contributed by atoms with Gasteiger partial charge in [-0.1, -0.05) is 5.16 Å². The normalized spacial score (nSPS) is 19.5. The number of rotatable bonds is 8. The van der Waals surface area contributed by atoms with Crippen LogP contribution in [-0.4, -0.2) is 66.7 Å². The van der Waals surface area contributed by atoms with Crippen molar-refractivity contribution in [1.82, 2.24) is 20.4 Å². The van der Waals surface area contributed by atoms with E-state index in [0.29, 0.717) is 24.7 Å². The highest BCUT2D eigenvalue weighted by Crippen LogP contribution is 2.31. The number of hydrogen-bond acceptors (Lipinski definition) is 8. The number of ether oxygens (including phenoxy) is 2. The molecule has 1 aromatic heterocycles. The van der Waals surface area contributed by atoms with E-state index in [1.54, 1.807) is 7.11 Å². The molecule has 0 spiro atoms. The lowest BCUT2D eigenvalue weighted by Gasteiger charge is -2.14. The van der Waals surface area contributed by atoms with Crippen molar-refractivity contribution < 1.29 is 23.6 Å². The number of Topliss-reactive ketones (excluding diaryl/α,β-unsaturated/α-hetero) is 1. The van der Waals surface area contributed by atoms with Gasteiger partial charge < -0.3 is 19.3 Å². The second-order valence-corrected chi connectivity index (χ2v) is 6.84. The van der Waals surface area contributed by atoms with Crippen LogP contribution >= 0.6 is 0 Å². The first kappa shape index (κ1) is 20.0. The largest absolute Gasteiger partial charge is 0.497 e. The zero-order chi connectivity index (χ0) is 20.1. The minimum atomic E-state index is -0.246. The van der Waals surface area contributed by atoms with Gasteiger partial charge in [-0.3, -0.25) is 14.5 Å². The molecule has 1 amide bonds. The third-order valence-corrected chi connectivity index (χ3v) is 4.53. The van der Waals surface area contributed by atoms with Crippen LogP contribution in [0.4, 0.5) is 0 Å². The Labute approximate surface area is 163 Å². The fraction of sp³-hybridized carbons (Fsp3) is 0.474. The predicted octanol–water partition coefficient (Wildman–Crippen LogP) is 1.21. The van der Waals surface area contributed by atoms with Crippen molar-refractivity contribution in [3.05, 3.63) is 30.2 Å². The highest BCUT2D eigenvalue weighted by Gasteiger charge is 2.35. The van der Waals surface area contributed by atoms with E-state index in [1.165, 1.54) is 6.92 Å². The SMILES string of the molecule is COc1ccc(-c2noc([C@@H]3C[C@H](NC(=O)COCC(C)=O)CN3C)n2)cc1. The van der Waals surface area contributed by atoms with Crippen LogP contribution in [0, 0.1) is 0 Å². The van der Waals surface area contributed by atoms with Gasteiger partial charge in [0, 0.05) is 18.2 Å². The first-order valence-electron chi connectivity index (χ1n) is 9.01. The van der Waals surface area contributed by atoms with Gasteiger partial charge in [-0.25, -0.2) is 0 Å². The molecule has 0 bridgehead atoms. The molecule has 1 saturated heterocycles. The van der Waals surface area contributed by atoms with Crippen molar-refractivity contribution in [1.29, 1.82) is 0 Å². The summed E-state index contributed by atoms with van der Waals surface area (Å²) in [5.41, 5.74) is 0.837. The fourth-order valence-corrected chi connectivity index (χ4v) is 3.18. The fourth-order valence-electron chi connectivity index (χ4n) is 3.18. The average Bonchev–Trinajstić information content (AvgIpc) is 3.28. The van der Waals surface area contributed by atoms with Crippen LogP contribution in [0.5, 0.6) is 5.75 Å². The van der Waals surface area contributed by atoms with E-state index in [2.05, 4.69) is 20.4 Å². The molecule has 2 aromatic rings. The molecule has 9 nitrogen and oxygen atoms in total. The summed E-state index contributed by atoms with van der Waals surface area (Å²) >= 11 is 0. The van der Waals surface area contributed by atoms with Gasteiger partial charge in [-0.05, 0) is 44.7 Å². The molecule has 3 rings (SSSR count). The van der Waals surface area contributed by atoms with Crippen LogP contribution < -0.4 is 10.1 Å². The average molecular weight is 388 g/mol. The summed E-state index contributed by atoms with van der Waals surface area (Å²) in [4.78, 5) is 29.4. The lowest BCUT2D eigenvalue weighted by Crippen LogP contribution is -2.38. The maximum absolute atomic E-state index is 11.9. The molecule has 150 valence electrons. The minimum absolute atomic E-state index is 0.0558. The molecule has 0 aliphatic carbocycles. The van der Waals surface area contributed by atoms with E-state index in [9.17, 15) is 9.59 Å². The van der Waals surface area contributed by atoms with E-state index in [-0.39, 0.29) is 37.0 Å². The smallest absolute Gasteiger partial charge is 0.246 e. The highest BCUT2D eigenvalue weighted by molar-refractivity contribution is 5.79. The molecule has 0 unspecified atom stereocenters. The number of hydrogen-bond donors (Lipinski definition) is 1. The first-order chi connectivity index (χ1) is 13.5. The maximum atomic E-state index is 11.9.